The summed E-state index contributed by atoms with van der Waals surface area (Å²) < 4.78 is 2.14. The van der Waals surface area contributed by atoms with Gasteiger partial charge in [-0.1, -0.05) is 5.92 Å². The molecule has 0 saturated carbocycles. The van der Waals surface area contributed by atoms with Gasteiger partial charge in [-0.05, 0) is 67.6 Å². The number of amides is 2. The second-order valence-corrected chi connectivity index (χ2v) is 7.54. The summed E-state index contributed by atoms with van der Waals surface area (Å²) in [5.41, 5.74) is 5.16. The normalized spacial score (nSPS) is 15.5. The molecule has 0 N–H and O–H groups in total. The first-order chi connectivity index (χ1) is 12.8. The van der Waals surface area contributed by atoms with Crippen molar-refractivity contribution in [2.24, 2.45) is 0 Å². The average molecular weight is 379 g/mol. The molecule has 3 rings (SSSR count). The second kappa shape index (κ2) is 7.37. The zero-order chi connectivity index (χ0) is 19.7. The van der Waals surface area contributed by atoms with Crippen molar-refractivity contribution >= 4 is 34.7 Å². The largest absolute Gasteiger partial charge is 0.378 e. The van der Waals surface area contributed by atoms with Crippen molar-refractivity contribution in [3.63, 3.8) is 0 Å². The molecular weight excluding hydrogens is 358 g/mol. The van der Waals surface area contributed by atoms with E-state index in [1.807, 2.05) is 34.0 Å². The van der Waals surface area contributed by atoms with Crippen LogP contribution in [0.4, 0.5) is 10.5 Å². The molecule has 0 atom stereocenters. The lowest BCUT2D eigenvalue weighted by Gasteiger charge is -2.14. The van der Waals surface area contributed by atoms with Crippen LogP contribution in [0.3, 0.4) is 0 Å². The predicted octanol–water partition coefficient (Wildman–Crippen LogP) is 3.83. The lowest BCUT2D eigenvalue weighted by Crippen LogP contribution is -2.28. The number of rotatable bonds is 4. The van der Waals surface area contributed by atoms with E-state index in [1.165, 1.54) is 0 Å². The molecule has 2 amide bonds. The molecule has 2 heterocycles. The summed E-state index contributed by atoms with van der Waals surface area (Å²) in [5, 5.41) is -0.322. The van der Waals surface area contributed by atoms with E-state index in [-0.39, 0.29) is 17.7 Å². The van der Waals surface area contributed by atoms with Gasteiger partial charge in [0, 0.05) is 36.9 Å². The molecule has 0 radical (unpaired) electrons. The van der Waals surface area contributed by atoms with Crippen LogP contribution in [0.15, 0.2) is 35.2 Å². The average Bonchev–Trinajstić information content (AvgIpc) is 3.05. The van der Waals surface area contributed by atoms with E-state index >= 15 is 0 Å². The minimum atomic E-state index is -0.330. The smallest absolute Gasteiger partial charge is 0.294 e. The lowest BCUT2D eigenvalue weighted by molar-refractivity contribution is -0.122. The number of hydrogen-bond donors (Lipinski definition) is 0. The number of carbonyl (C=O) groups is 2. The maximum absolute atomic E-state index is 12.4. The fourth-order valence-electron chi connectivity index (χ4n) is 3.10. The van der Waals surface area contributed by atoms with Gasteiger partial charge >= 0.3 is 0 Å². The van der Waals surface area contributed by atoms with Crippen LogP contribution in [0.2, 0.25) is 0 Å². The summed E-state index contributed by atoms with van der Waals surface area (Å²) in [6, 6.07) is 10.3. The van der Waals surface area contributed by atoms with E-state index in [0.717, 1.165) is 45.0 Å². The third-order valence-electron chi connectivity index (χ3n) is 4.50. The van der Waals surface area contributed by atoms with Crippen LogP contribution in [0, 0.1) is 26.2 Å². The maximum Gasteiger partial charge on any atom is 0.294 e. The van der Waals surface area contributed by atoms with E-state index in [4.69, 9.17) is 6.42 Å². The monoisotopic (exact) mass is 379 g/mol. The molecule has 1 saturated heterocycles. The highest BCUT2D eigenvalue weighted by molar-refractivity contribution is 8.18. The van der Waals surface area contributed by atoms with Gasteiger partial charge in [-0.25, -0.2) is 0 Å². The van der Waals surface area contributed by atoms with Crippen LogP contribution < -0.4 is 4.90 Å². The Morgan fingerprint density at radius 3 is 2.44 bits per heavy atom. The SMILES string of the molecule is C#CCN1C(=O)S/C(=C\c2cc(C)n(-c3ccc(N(C)C)cc3)c2C)C1=O. The fourth-order valence-corrected chi connectivity index (χ4v) is 3.93. The molecule has 1 aliphatic heterocycles. The maximum atomic E-state index is 12.4. The van der Waals surface area contributed by atoms with Gasteiger partial charge in [0.05, 0.1) is 11.4 Å². The number of aryl methyl sites for hydroxylation is 1. The Morgan fingerprint density at radius 1 is 1.19 bits per heavy atom. The van der Waals surface area contributed by atoms with Crippen molar-refractivity contribution in [2.45, 2.75) is 13.8 Å². The van der Waals surface area contributed by atoms with Crippen molar-refractivity contribution in [1.29, 1.82) is 0 Å². The van der Waals surface area contributed by atoms with Crippen molar-refractivity contribution < 1.29 is 9.59 Å². The molecule has 0 bridgehead atoms. The first kappa shape index (κ1) is 18.9. The van der Waals surface area contributed by atoms with Crippen LogP contribution in [0.25, 0.3) is 11.8 Å². The van der Waals surface area contributed by atoms with E-state index in [1.54, 1.807) is 6.08 Å². The first-order valence-corrected chi connectivity index (χ1v) is 9.30. The molecule has 5 nitrogen and oxygen atoms in total. The van der Waals surface area contributed by atoms with Gasteiger partial charge in [-0.2, -0.15) is 0 Å². The summed E-state index contributed by atoms with van der Waals surface area (Å²) >= 11 is 0.930. The quantitative estimate of drug-likeness (QED) is 0.598. The number of aromatic nitrogens is 1. The molecule has 27 heavy (non-hydrogen) atoms. The minimum Gasteiger partial charge on any atom is -0.378 e. The highest BCUT2D eigenvalue weighted by Gasteiger charge is 2.34. The predicted molar refractivity (Wildman–Crippen MR) is 111 cm³/mol. The molecule has 0 spiro atoms. The van der Waals surface area contributed by atoms with Crippen LogP contribution in [0.1, 0.15) is 17.0 Å². The topological polar surface area (TPSA) is 45.6 Å². The Morgan fingerprint density at radius 2 is 1.85 bits per heavy atom. The number of carbonyl (C=O) groups excluding carboxylic acids is 2. The Hall–Kier alpha value is -2.91. The summed E-state index contributed by atoms with van der Waals surface area (Å²) in [7, 11) is 4.01. The van der Waals surface area contributed by atoms with Gasteiger partial charge in [0.25, 0.3) is 11.1 Å². The number of terminal acetylenes is 1. The number of hydrogen-bond acceptors (Lipinski definition) is 4. The summed E-state index contributed by atoms with van der Waals surface area (Å²) in [6.45, 7) is 4.03. The third kappa shape index (κ3) is 3.51. The van der Waals surface area contributed by atoms with Crippen LogP contribution >= 0.6 is 11.8 Å². The van der Waals surface area contributed by atoms with Gasteiger partial charge in [-0.15, -0.1) is 6.42 Å². The fraction of sp³-hybridized carbons (Fsp3) is 0.238. The van der Waals surface area contributed by atoms with Crippen molar-refractivity contribution in [3.05, 3.63) is 52.2 Å². The summed E-state index contributed by atoms with van der Waals surface area (Å²) in [6.07, 6.45) is 7.01. The van der Waals surface area contributed by atoms with Crippen molar-refractivity contribution in [3.8, 4) is 18.0 Å². The molecule has 0 unspecified atom stereocenters. The molecular formula is C21H21N3O2S. The van der Waals surface area contributed by atoms with Crippen LogP contribution in [0.5, 0.6) is 0 Å². The lowest BCUT2D eigenvalue weighted by atomic mass is 10.2. The van der Waals surface area contributed by atoms with E-state index in [9.17, 15) is 9.59 Å². The number of anilines is 1. The second-order valence-electron chi connectivity index (χ2n) is 6.54. The zero-order valence-corrected chi connectivity index (χ0v) is 16.6. The number of imide groups is 1. The highest BCUT2D eigenvalue weighted by atomic mass is 32.2. The minimum absolute atomic E-state index is 0.000742. The highest BCUT2D eigenvalue weighted by Crippen LogP contribution is 2.33. The molecule has 1 aromatic carbocycles. The van der Waals surface area contributed by atoms with Crippen LogP contribution in [-0.4, -0.2) is 41.3 Å². The third-order valence-corrected chi connectivity index (χ3v) is 5.41. The summed E-state index contributed by atoms with van der Waals surface area (Å²) in [4.78, 5) is 27.9. The van der Waals surface area contributed by atoms with Gasteiger partial charge in [0.2, 0.25) is 0 Å². The standard InChI is InChI=1S/C21H21N3O2S/c1-6-11-23-20(25)19(27-21(23)26)13-16-12-14(2)24(15(16)3)18-9-7-17(8-10-18)22(4)5/h1,7-10,12-13H,11H2,2-5H3/b19-13-. The Labute approximate surface area is 163 Å². The van der Waals surface area contributed by atoms with E-state index in [2.05, 4.69) is 39.7 Å². The summed E-state index contributed by atoms with van der Waals surface area (Å²) in [5.74, 6) is 2.02. The number of benzene rings is 1. The van der Waals surface area contributed by atoms with Crippen molar-refractivity contribution in [1.82, 2.24) is 9.47 Å². The van der Waals surface area contributed by atoms with Crippen LogP contribution in [-0.2, 0) is 4.79 Å². The van der Waals surface area contributed by atoms with Gasteiger partial charge in [-0.3, -0.25) is 14.5 Å². The Balaban J connectivity index is 1.96. The number of nitrogens with zero attached hydrogens (tertiary/aromatic N) is 3. The molecule has 2 aromatic rings. The number of thioether (sulfide) groups is 1. The van der Waals surface area contributed by atoms with Gasteiger partial charge in [0.1, 0.15) is 0 Å². The first-order valence-electron chi connectivity index (χ1n) is 8.49. The molecule has 1 aromatic heterocycles. The van der Waals surface area contributed by atoms with Gasteiger partial charge in [0.15, 0.2) is 0 Å². The Kier molecular flexibility index (Phi) is 5.15. The van der Waals surface area contributed by atoms with E-state index < -0.39 is 0 Å². The van der Waals surface area contributed by atoms with Gasteiger partial charge < -0.3 is 9.47 Å². The van der Waals surface area contributed by atoms with Crippen molar-refractivity contribution in [2.75, 3.05) is 25.5 Å². The molecule has 1 fully saturated rings. The Bertz CT molecular complexity index is 978. The molecule has 0 aliphatic carbocycles. The zero-order valence-electron chi connectivity index (χ0n) is 15.8. The molecule has 138 valence electrons. The molecule has 1 aliphatic rings. The van der Waals surface area contributed by atoms with E-state index in [0.29, 0.717) is 4.91 Å². The molecule has 6 heteroatoms.